The lowest BCUT2D eigenvalue weighted by Gasteiger charge is -2.14. The molecule has 8 heteroatoms. The van der Waals surface area contributed by atoms with Crippen molar-refractivity contribution in [3.63, 3.8) is 0 Å². The third-order valence-electron chi connectivity index (χ3n) is 2.52. The average Bonchev–Trinajstić information content (AvgIpc) is 2.42. The monoisotopic (exact) mass is 337 g/mol. The fourth-order valence-electron chi connectivity index (χ4n) is 1.54. The van der Waals surface area contributed by atoms with Crippen LogP contribution in [0.1, 0.15) is 5.56 Å². The lowest BCUT2D eigenvalue weighted by Crippen LogP contribution is -2.18. The van der Waals surface area contributed by atoms with E-state index in [9.17, 15) is 0 Å². The van der Waals surface area contributed by atoms with E-state index in [1.807, 2.05) is 39.2 Å². The topological polar surface area (TPSA) is 92.0 Å². The van der Waals surface area contributed by atoms with Gasteiger partial charge in [0.1, 0.15) is 0 Å². The number of nitrogens with one attached hydrogen (secondary N) is 2. The van der Waals surface area contributed by atoms with Crippen molar-refractivity contribution >= 4 is 39.5 Å². The van der Waals surface area contributed by atoms with E-state index in [-0.39, 0.29) is 0 Å². The summed E-state index contributed by atoms with van der Waals surface area (Å²) in [4.78, 5) is 14.4. The molecule has 0 spiro atoms. The van der Waals surface area contributed by atoms with Gasteiger partial charge in [0.2, 0.25) is 17.8 Å². The van der Waals surface area contributed by atoms with Crippen LogP contribution in [0.25, 0.3) is 0 Å². The normalized spacial score (nSPS) is 10.2. The third-order valence-corrected chi connectivity index (χ3v) is 3.21. The van der Waals surface area contributed by atoms with Gasteiger partial charge in [0.25, 0.3) is 0 Å². The molecule has 4 N–H and O–H groups in total. The Bertz CT molecular complexity index is 615. The highest BCUT2D eigenvalue weighted by molar-refractivity contribution is 9.10. The molecule has 0 aliphatic rings. The van der Waals surface area contributed by atoms with Gasteiger partial charge in [-0.3, -0.25) is 5.43 Å². The Kier molecular flexibility index (Phi) is 4.35. The van der Waals surface area contributed by atoms with Crippen molar-refractivity contribution in [3.05, 3.63) is 28.2 Å². The van der Waals surface area contributed by atoms with Crippen molar-refractivity contribution in [1.82, 2.24) is 15.0 Å². The molecule has 7 nitrogen and oxygen atoms in total. The molecule has 0 bridgehead atoms. The number of aryl methyl sites for hydroxylation is 1. The zero-order valence-electron chi connectivity index (χ0n) is 11.5. The van der Waals surface area contributed by atoms with Crippen LogP contribution in [0.4, 0.5) is 23.5 Å². The molecule has 1 aromatic heterocycles. The highest BCUT2D eigenvalue weighted by atomic mass is 79.9. The summed E-state index contributed by atoms with van der Waals surface area (Å²) in [6.07, 6.45) is 0. The molecule has 1 heterocycles. The fraction of sp³-hybridized carbons (Fsp3) is 0.250. The van der Waals surface area contributed by atoms with Crippen molar-refractivity contribution in [2.45, 2.75) is 6.92 Å². The van der Waals surface area contributed by atoms with E-state index in [4.69, 9.17) is 5.84 Å². The van der Waals surface area contributed by atoms with Gasteiger partial charge in [-0.05, 0) is 40.5 Å². The highest BCUT2D eigenvalue weighted by Crippen LogP contribution is 2.26. The molecule has 0 amide bonds. The Balaban J connectivity index is 2.37. The van der Waals surface area contributed by atoms with Gasteiger partial charge in [-0.2, -0.15) is 15.0 Å². The summed E-state index contributed by atoms with van der Waals surface area (Å²) in [5.41, 5.74) is 4.45. The molecular weight excluding hydrogens is 322 g/mol. The van der Waals surface area contributed by atoms with Crippen molar-refractivity contribution < 1.29 is 0 Å². The number of halogens is 1. The number of nitrogen functional groups attached to an aromatic ring is 1. The summed E-state index contributed by atoms with van der Waals surface area (Å²) in [5.74, 6) is 6.61. The van der Waals surface area contributed by atoms with Crippen LogP contribution in [0.15, 0.2) is 22.7 Å². The summed E-state index contributed by atoms with van der Waals surface area (Å²) in [7, 11) is 3.70. The highest BCUT2D eigenvalue weighted by Gasteiger charge is 2.09. The van der Waals surface area contributed by atoms with Gasteiger partial charge in [-0.15, -0.1) is 0 Å². The predicted octanol–water partition coefficient (Wildman–Crippen LogP) is 2.04. The minimum Gasteiger partial charge on any atom is -0.347 e. The lowest BCUT2D eigenvalue weighted by molar-refractivity contribution is 0.957. The minimum atomic E-state index is 0.301. The van der Waals surface area contributed by atoms with Gasteiger partial charge in [0, 0.05) is 18.6 Å². The SMILES string of the molecule is Cc1ccc(Br)c(Nc2nc(NN)nc(N(C)C)n2)c1. The molecule has 0 fully saturated rings. The standard InChI is InChI=1S/C12H16BrN7/c1-7-4-5-8(13)9(6-7)15-10-16-11(19-14)18-12(17-10)20(2)3/h4-6H,14H2,1-3H3,(H2,15,16,17,18,19). The molecule has 106 valence electrons. The van der Waals surface area contributed by atoms with Crippen LogP contribution in [0.2, 0.25) is 0 Å². The number of anilines is 4. The molecule has 1 aromatic carbocycles. The van der Waals surface area contributed by atoms with Crippen LogP contribution in [0.5, 0.6) is 0 Å². The van der Waals surface area contributed by atoms with Gasteiger partial charge < -0.3 is 10.2 Å². The van der Waals surface area contributed by atoms with Crippen LogP contribution >= 0.6 is 15.9 Å². The second kappa shape index (κ2) is 6.02. The second-order valence-corrected chi connectivity index (χ2v) is 5.28. The molecule has 0 radical (unpaired) electrons. The molecule has 0 saturated heterocycles. The average molecular weight is 338 g/mol. The molecule has 0 aliphatic carbocycles. The fourth-order valence-corrected chi connectivity index (χ4v) is 1.89. The van der Waals surface area contributed by atoms with Gasteiger partial charge in [0.15, 0.2) is 0 Å². The van der Waals surface area contributed by atoms with Crippen LogP contribution < -0.4 is 21.5 Å². The number of aromatic nitrogens is 3. The van der Waals surface area contributed by atoms with Crippen molar-refractivity contribution in [1.29, 1.82) is 0 Å². The second-order valence-electron chi connectivity index (χ2n) is 4.43. The first-order valence-electron chi connectivity index (χ1n) is 5.93. The number of benzene rings is 1. The smallest absolute Gasteiger partial charge is 0.243 e. The number of hydrazine groups is 1. The van der Waals surface area contributed by atoms with Crippen molar-refractivity contribution in [3.8, 4) is 0 Å². The molecule has 2 rings (SSSR count). The Morgan fingerprint density at radius 2 is 1.85 bits per heavy atom. The number of nitrogens with zero attached hydrogens (tertiary/aromatic N) is 4. The van der Waals surface area contributed by atoms with E-state index in [1.165, 1.54) is 0 Å². The third kappa shape index (κ3) is 3.34. The van der Waals surface area contributed by atoms with E-state index >= 15 is 0 Å². The van der Waals surface area contributed by atoms with Crippen molar-refractivity contribution in [2.24, 2.45) is 5.84 Å². The molecule has 20 heavy (non-hydrogen) atoms. The maximum atomic E-state index is 5.38. The summed E-state index contributed by atoms with van der Waals surface area (Å²) < 4.78 is 0.928. The first-order valence-corrected chi connectivity index (χ1v) is 6.72. The molecule has 2 aromatic rings. The van der Waals surface area contributed by atoms with Gasteiger partial charge in [-0.1, -0.05) is 6.07 Å². The maximum absolute atomic E-state index is 5.38. The summed E-state index contributed by atoms with van der Waals surface area (Å²) >= 11 is 3.49. The van der Waals surface area contributed by atoms with E-state index in [0.717, 1.165) is 15.7 Å². The number of rotatable bonds is 4. The summed E-state index contributed by atoms with van der Waals surface area (Å²) in [6, 6.07) is 5.98. The number of hydrogen-bond donors (Lipinski definition) is 3. The Morgan fingerprint density at radius 3 is 2.50 bits per heavy atom. The molecule has 0 unspecified atom stereocenters. The van der Waals surface area contributed by atoms with Gasteiger partial charge in [0.05, 0.1) is 5.69 Å². The zero-order chi connectivity index (χ0) is 14.7. The Labute approximate surface area is 125 Å². The largest absolute Gasteiger partial charge is 0.347 e. The number of hydrogen-bond acceptors (Lipinski definition) is 7. The van der Waals surface area contributed by atoms with E-state index < -0.39 is 0 Å². The van der Waals surface area contributed by atoms with Crippen LogP contribution in [0, 0.1) is 6.92 Å². The predicted molar refractivity (Wildman–Crippen MR) is 84.1 cm³/mol. The van der Waals surface area contributed by atoms with Crippen LogP contribution in [0.3, 0.4) is 0 Å². The van der Waals surface area contributed by atoms with Gasteiger partial charge >= 0.3 is 0 Å². The minimum absolute atomic E-state index is 0.301. The molecular formula is C12H16BrN7. The van der Waals surface area contributed by atoms with Crippen LogP contribution in [-0.4, -0.2) is 29.0 Å². The summed E-state index contributed by atoms with van der Waals surface area (Å²) in [5, 5.41) is 3.15. The zero-order valence-corrected chi connectivity index (χ0v) is 13.1. The first kappa shape index (κ1) is 14.5. The van der Waals surface area contributed by atoms with Gasteiger partial charge in [-0.25, -0.2) is 5.84 Å². The molecule has 0 atom stereocenters. The van der Waals surface area contributed by atoms with E-state index in [0.29, 0.717) is 17.8 Å². The van der Waals surface area contributed by atoms with E-state index in [1.54, 1.807) is 4.90 Å². The summed E-state index contributed by atoms with van der Waals surface area (Å²) in [6.45, 7) is 2.02. The van der Waals surface area contributed by atoms with E-state index in [2.05, 4.69) is 41.6 Å². The molecule has 0 aliphatic heterocycles. The first-order chi connectivity index (χ1) is 9.49. The molecule has 0 saturated carbocycles. The number of nitrogens with two attached hydrogens (primary N) is 1. The quantitative estimate of drug-likeness (QED) is 0.580. The van der Waals surface area contributed by atoms with Crippen LogP contribution in [-0.2, 0) is 0 Å². The Morgan fingerprint density at radius 1 is 1.15 bits per heavy atom. The Hall–Kier alpha value is -1.93. The lowest BCUT2D eigenvalue weighted by atomic mass is 10.2. The maximum Gasteiger partial charge on any atom is 0.243 e. The van der Waals surface area contributed by atoms with Crippen molar-refractivity contribution in [2.75, 3.05) is 29.7 Å².